The first kappa shape index (κ1) is 13.3. The Hall–Kier alpha value is -1.14. The summed E-state index contributed by atoms with van der Waals surface area (Å²) in [5.41, 5.74) is 5.57. The molecule has 1 saturated heterocycles. The molecule has 1 atom stereocenters. The van der Waals surface area contributed by atoms with Gasteiger partial charge in [0.15, 0.2) is 0 Å². The summed E-state index contributed by atoms with van der Waals surface area (Å²) in [6, 6.07) is 3.93. The molecule has 6 heteroatoms. The zero-order valence-corrected chi connectivity index (χ0v) is 11.1. The molecule has 0 bridgehead atoms. The van der Waals surface area contributed by atoms with Gasteiger partial charge < -0.3 is 5.73 Å². The lowest BCUT2D eigenvalue weighted by molar-refractivity contribution is 0.280. The fourth-order valence-electron chi connectivity index (χ4n) is 2.29. The number of piperidine rings is 1. The van der Waals surface area contributed by atoms with Crippen LogP contribution in [0.2, 0.25) is 0 Å². The summed E-state index contributed by atoms with van der Waals surface area (Å²) in [5, 5.41) is 0. The van der Waals surface area contributed by atoms with Gasteiger partial charge in [-0.05, 0) is 30.9 Å². The average molecular weight is 272 g/mol. The van der Waals surface area contributed by atoms with E-state index in [4.69, 9.17) is 5.73 Å². The van der Waals surface area contributed by atoms with Crippen molar-refractivity contribution in [2.24, 2.45) is 5.92 Å². The lowest BCUT2D eigenvalue weighted by atomic mass is 10.0. The predicted octanol–water partition coefficient (Wildman–Crippen LogP) is 1.83. The molecule has 0 radical (unpaired) electrons. The van der Waals surface area contributed by atoms with E-state index in [-0.39, 0.29) is 10.6 Å². The van der Waals surface area contributed by atoms with E-state index in [1.807, 2.05) is 6.92 Å². The van der Waals surface area contributed by atoms with E-state index < -0.39 is 15.8 Å². The highest BCUT2D eigenvalue weighted by molar-refractivity contribution is 7.89. The zero-order valence-electron chi connectivity index (χ0n) is 10.3. The van der Waals surface area contributed by atoms with Crippen molar-refractivity contribution >= 4 is 15.7 Å². The summed E-state index contributed by atoms with van der Waals surface area (Å²) >= 11 is 0. The maximum atomic E-state index is 13.7. The molecule has 0 saturated carbocycles. The fraction of sp³-hybridized carbons (Fsp3) is 0.500. The predicted molar refractivity (Wildman–Crippen MR) is 68.0 cm³/mol. The molecule has 0 amide bonds. The summed E-state index contributed by atoms with van der Waals surface area (Å²) in [4.78, 5) is -0.390. The van der Waals surface area contributed by atoms with Crippen LogP contribution in [0, 0.1) is 11.7 Å². The largest absolute Gasteiger partial charge is 0.398 e. The third kappa shape index (κ3) is 2.35. The molecule has 100 valence electrons. The second-order valence-electron chi connectivity index (χ2n) is 4.77. The molecule has 0 aromatic heterocycles. The molecule has 1 aliphatic rings. The van der Waals surface area contributed by atoms with Crippen LogP contribution in [0.25, 0.3) is 0 Å². The minimum Gasteiger partial charge on any atom is -0.398 e. The Kier molecular flexibility index (Phi) is 3.59. The monoisotopic (exact) mass is 272 g/mol. The standard InChI is InChI=1S/C12H17FN2O2S/c1-9-4-3-7-15(8-9)18(16,17)12-10(13)5-2-6-11(12)14/h2,5-6,9H,3-4,7-8,14H2,1H3. The molecule has 1 fully saturated rings. The van der Waals surface area contributed by atoms with Crippen molar-refractivity contribution in [2.75, 3.05) is 18.8 Å². The van der Waals surface area contributed by atoms with Crippen molar-refractivity contribution in [3.05, 3.63) is 24.0 Å². The Labute approximate surface area is 107 Å². The van der Waals surface area contributed by atoms with Crippen molar-refractivity contribution in [3.63, 3.8) is 0 Å². The van der Waals surface area contributed by atoms with Crippen LogP contribution in [0.1, 0.15) is 19.8 Å². The van der Waals surface area contributed by atoms with Crippen molar-refractivity contribution in [1.29, 1.82) is 0 Å². The summed E-state index contributed by atoms with van der Waals surface area (Å²) in [5.74, 6) is -0.491. The minimum atomic E-state index is -3.82. The van der Waals surface area contributed by atoms with Crippen LogP contribution in [0.5, 0.6) is 0 Å². The summed E-state index contributed by atoms with van der Waals surface area (Å²) in [7, 11) is -3.82. The Bertz CT molecular complexity index is 525. The molecule has 1 unspecified atom stereocenters. The summed E-state index contributed by atoms with van der Waals surface area (Å²) in [6.07, 6.45) is 1.80. The Morgan fingerprint density at radius 2 is 2.17 bits per heavy atom. The van der Waals surface area contributed by atoms with Gasteiger partial charge in [-0.25, -0.2) is 12.8 Å². The first-order chi connectivity index (χ1) is 8.43. The maximum absolute atomic E-state index is 13.7. The van der Waals surface area contributed by atoms with Crippen LogP contribution >= 0.6 is 0 Å². The van der Waals surface area contributed by atoms with E-state index >= 15 is 0 Å². The Morgan fingerprint density at radius 3 is 2.78 bits per heavy atom. The first-order valence-corrected chi connectivity index (χ1v) is 7.41. The van der Waals surface area contributed by atoms with E-state index in [9.17, 15) is 12.8 Å². The van der Waals surface area contributed by atoms with Gasteiger partial charge in [0, 0.05) is 13.1 Å². The van der Waals surface area contributed by atoms with E-state index in [1.165, 1.54) is 16.4 Å². The molecular formula is C12H17FN2O2S. The van der Waals surface area contributed by atoms with Crippen molar-refractivity contribution in [3.8, 4) is 0 Å². The van der Waals surface area contributed by atoms with Crippen LogP contribution in [0.4, 0.5) is 10.1 Å². The van der Waals surface area contributed by atoms with E-state index in [0.717, 1.165) is 18.9 Å². The number of hydrogen-bond donors (Lipinski definition) is 1. The number of anilines is 1. The SMILES string of the molecule is CC1CCCN(S(=O)(=O)c2c(N)cccc2F)C1. The van der Waals surface area contributed by atoms with Crippen LogP contribution in [0.15, 0.2) is 23.1 Å². The molecule has 18 heavy (non-hydrogen) atoms. The maximum Gasteiger partial charge on any atom is 0.248 e. The van der Waals surface area contributed by atoms with Crippen LogP contribution < -0.4 is 5.73 Å². The Morgan fingerprint density at radius 1 is 1.44 bits per heavy atom. The molecule has 2 rings (SSSR count). The van der Waals surface area contributed by atoms with Crippen molar-refractivity contribution in [2.45, 2.75) is 24.7 Å². The van der Waals surface area contributed by atoms with Gasteiger partial charge in [-0.2, -0.15) is 4.31 Å². The smallest absolute Gasteiger partial charge is 0.248 e. The number of hydrogen-bond acceptors (Lipinski definition) is 3. The fourth-order valence-corrected chi connectivity index (χ4v) is 4.05. The van der Waals surface area contributed by atoms with Crippen LogP contribution in [-0.4, -0.2) is 25.8 Å². The highest BCUT2D eigenvalue weighted by Gasteiger charge is 2.32. The second kappa shape index (κ2) is 4.85. The molecule has 0 aliphatic carbocycles. The highest BCUT2D eigenvalue weighted by Crippen LogP contribution is 2.28. The number of nitrogen functional groups attached to an aromatic ring is 1. The third-order valence-corrected chi connectivity index (χ3v) is 5.17. The minimum absolute atomic E-state index is 0.0340. The summed E-state index contributed by atoms with van der Waals surface area (Å²) in [6.45, 7) is 2.85. The van der Waals surface area contributed by atoms with E-state index in [2.05, 4.69) is 0 Å². The van der Waals surface area contributed by atoms with E-state index in [1.54, 1.807) is 0 Å². The number of rotatable bonds is 2. The lowest BCUT2D eigenvalue weighted by Crippen LogP contribution is -2.39. The molecule has 1 aromatic rings. The van der Waals surface area contributed by atoms with E-state index in [0.29, 0.717) is 19.0 Å². The average Bonchev–Trinajstić information content (AvgIpc) is 2.28. The Balaban J connectivity index is 2.42. The summed E-state index contributed by atoms with van der Waals surface area (Å²) < 4.78 is 39.8. The number of nitrogens with zero attached hydrogens (tertiary/aromatic N) is 1. The van der Waals surface area contributed by atoms with Gasteiger partial charge in [0.2, 0.25) is 10.0 Å². The molecular weight excluding hydrogens is 255 g/mol. The van der Waals surface area contributed by atoms with Gasteiger partial charge >= 0.3 is 0 Å². The van der Waals surface area contributed by atoms with Gasteiger partial charge in [0.25, 0.3) is 0 Å². The van der Waals surface area contributed by atoms with Gasteiger partial charge in [0.05, 0.1) is 5.69 Å². The molecule has 0 spiro atoms. The lowest BCUT2D eigenvalue weighted by Gasteiger charge is -2.30. The topological polar surface area (TPSA) is 63.4 Å². The van der Waals surface area contributed by atoms with Crippen molar-refractivity contribution in [1.82, 2.24) is 4.31 Å². The van der Waals surface area contributed by atoms with Crippen LogP contribution in [0.3, 0.4) is 0 Å². The molecule has 1 heterocycles. The van der Waals surface area contributed by atoms with Gasteiger partial charge in [-0.15, -0.1) is 0 Å². The van der Waals surface area contributed by atoms with Gasteiger partial charge in [0.1, 0.15) is 10.7 Å². The third-order valence-electron chi connectivity index (χ3n) is 3.22. The molecule has 4 nitrogen and oxygen atoms in total. The van der Waals surface area contributed by atoms with Crippen LogP contribution in [-0.2, 0) is 10.0 Å². The van der Waals surface area contributed by atoms with Gasteiger partial charge in [-0.1, -0.05) is 13.0 Å². The quantitative estimate of drug-likeness (QED) is 0.835. The normalized spacial score (nSPS) is 22.0. The van der Waals surface area contributed by atoms with Crippen molar-refractivity contribution < 1.29 is 12.8 Å². The molecule has 2 N–H and O–H groups in total. The van der Waals surface area contributed by atoms with Gasteiger partial charge in [-0.3, -0.25) is 0 Å². The molecule has 1 aromatic carbocycles. The highest BCUT2D eigenvalue weighted by atomic mass is 32.2. The molecule has 1 aliphatic heterocycles. The number of halogens is 1. The first-order valence-electron chi connectivity index (χ1n) is 5.97. The number of benzene rings is 1. The second-order valence-corrected chi connectivity index (χ2v) is 6.64. The zero-order chi connectivity index (χ0) is 13.3. The number of sulfonamides is 1. The number of nitrogens with two attached hydrogens (primary N) is 1.